The van der Waals surface area contributed by atoms with E-state index in [2.05, 4.69) is 18.7 Å². The van der Waals surface area contributed by atoms with Gasteiger partial charge in [-0.25, -0.2) is 0 Å². The molecule has 106 valence electrons. The zero-order chi connectivity index (χ0) is 13.0. The highest BCUT2D eigenvalue weighted by molar-refractivity contribution is 4.97. The zero-order valence-corrected chi connectivity index (χ0v) is 12.2. The van der Waals surface area contributed by atoms with Crippen molar-refractivity contribution in [3.8, 4) is 0 Å². The van der Waals surface area contributed by atoms with Crippen LogP contribution in [0.15, 0.2) is 0 Å². The van der Waals surface area contributed by atoms with Crippen LogP contribution >= 0.6 is 0 Å². The molecule has 18 heavy (non-hydrogen) atoms. The summed E-state index contributed by atoms with van der Waals surface area (Å²) in [5.41, 5.74) is 6.45. The summed E-state index contributed by atoms with van der Waals surface area (Å²) in [5, 5.41) is 0. The minimum atomic E-state index is 0.300. The molecule has 2 rings (SSSR count). The van der Waals surface area contributed by atoms with Gasteiger partial charge in [-0.05, 0) is 38.5 Å². The molecule has 1 heterocycles. The normalized spacial score (nSPS) is 35.8. The number of nitrogens with two attached hydrogens (primary N) is 1. The fourth-order valence-corrected chi connectivity index (χ4v) is 3.97. The van der Waals surface area contributed by atoms with Crippen molar-refractivity contribution in [1.29, 1.82) is 0 Å². The lowest BCUT2D eigenvalue weighted by molar-refractivity contribution is -0.0344. The predicted octanol–water partition coefficient (Wildman–Crippen LogP) is 2.39. The second-order valence-corrected chi connectivity index (χ2v) is 6.27. The first kappa shape index (κ1) is 14.3. The Kier molecular flexibility index (Phi) is 5.05. The molecule has 1 aliphatic carbocycles. The topological polar surface area (TPSA) is 38.5 Å². The van der Waals surface area contributed by atoms with Crippen LogP contribution in [0.4, 0.5) is 0 Å². The van der Waals surface area contributed by atoms with Gasteiger partial charge in [0.1, 0.15) is 0 Å². The molecular weight excluding hydrogens is 224 g/mol. The Labute approximate surface area is 112 Å². The Bertz CT molecular complexity index is 251. The van der Waals surface area contributed by atoms with E-state index < -0.39 is 0 Å². The van der Waals surface area contributed by atoms with Crippen LogP contribution in [0, 0.1) is 5.92 Å². The first-order chi connectivity index (χ1) is 8.70. The second kappa shape index (κ2) is 6.36. The van der Waals surface area contributed by atoms with Crippen molar-refractivity contribution in [2.24, 2.45) is 11.7 Å². The fourth-order valence-electron chi connectivity index (χ4n) is 3.97. The molecule has 0 spiro atoms. The Morgan fingerprint density at radius 2 is 2.00 bits per heavy atom. The predicted molar refractivity (Wildman–Crippen MR) is 75.6 cm³/mol. The maximum atomic E-state index is 6.15. The monoisotopic (exact) mass is 254 g/mol. The van der Waals surface area contributed by atoms with Crippen molar-refractivity contribution in [2.45, 2.75) is 64.0 Å². The number of ether oxygens (including phenoxy) is 1. The van der Waals surface area contributed by atoms with Crippen LogP contribution in [-0.2, 0) is 4.74 Å². The van der Waals surface area contributed by atoms with Crippen LogP contribution in [0.3, 0.4) is 0 Å². The van der Waals surface area contributed by atoms with E-state index in [0.29, 0.717) is 11.6 Å². The third kappa shape index (κ3) is 3.06. The highest BCUT2D eigenvalue weighted by Gasteiger charge is 2.40. The van der Waals surface area contributed by atoms with Crippen molar-refractivity contribution in [1.82, 2.24) is 4.90 Å². The molecular formula is C15H30N2O. The van der Waals surface area contributed by atoms with Gasteiger partial charge in [0.25, 0.3) is 0 Å². The molecule has 2 aliphatic rings. The molecule has 2 N–H and O–H groups in total. The molecule has 0 aromatic carbocycles. The fraction of sp³-hybridized carbons (Fsp3) is 1.00. The molecule has 0 radical (unpaired) electrons. The zero-order valence-electron chi connectivity index (χ0n) is 12.2. The van der Waals surface area contributed by atoms with Gasteiger partial charge in [0, 0.05) is 31.8 Å². The van der Waals surface area contributed by atoms with Gasteiger partial charge in [0.15, 0.2) is 0 Å². The summed E-state index contributed by atoms with van der Waals surface area (Å²) >= 11 is 0. The van der Waals surface area contributed by atoms with Crippen molar-refractivity contribution in [3.63, 3.8) is 0 Å². The largest absolute Gasteiger partial charge is 0.378 e. The van der Waals surface area contributed by atoms with Gasteiger partial charge in [-0.3, -0.25) is 4.90 Å². The van der Waals surface area contributed by atoms with E-state index >= 15 is 0 Å². The SMILES string of the molecule is CCOC1CCN(C2(CN)CCCC(C)C2)CC1. The Morgan fingerprint density at radius 3 is 2.56 bits per heavy atom. The first-order valence-electron chi connectivity index (χ1n) is 7.77. The molecule has 2 atom stereocenters. The van der Waals surface area contributed by atoms with Crippen molar-refractivity contribution >= 4 is 0 Å². The second-order valence-electron chi connectivity index (χ2n) is 6.27. The van der Waals surface area contributed by atoms with Gasteiger partial charge in [-0.2, -0.15) is 0 Å². The van der Waals surface area contributed by atoms with Crippen LogP contribution < -0.4 is 5.73 Å². The molecule has 3 heteroatoms. The molecule has 0 amide bonds. The van der Waals surface area contributed by atoms with E-state index in [4.69, 9.17) is 10.5 Å². The third-order valence-electron chi connectivity index (χ3n) is 4.96. The van der Waals surface area contributed by atoms with E-state index in [1.54, 1.807) is 0 Å². The van der Waals surface area contributed by atoms with E-state index in [1.807, 2.05) is 0 Å². The first-order valence-corrected chi connectivity index (χ1v) is 7.77. The lowest BCUT2D eigenvalue weighted by Gasteiger charge is -2.50. The van der Waals surface area contributed by atoms with Crippen molar-refractivity contribution < 1.29 is 4.74 Å². The molecule has 2 fully saturated rings. The van der Waals surface area contributed by atoms with Crippen molar-refractivity contribution in [2.75, 3.05) is 26.2 Å². The lowest BCUT2D eigenvalue weighted by atomic mass is 9.74. The molecule has 0 bridgehead atoms. The summed E-state index contributed by atoms with van der Waals surface area (Å²) in [5.74, 6) is 0.840. The van der Waals surface area contributed by atoms with Gasteiger partial charge in [-0.1, -0.05) is 19.8 Å². The number of hydrogen-bond acceptors (Lipinski definition) is 3. The van der Waals surface area contributed by atoms with Crippen LogP contribution in [0.5, 0.6) is 0 Å². The highest BCUT2D eigenvalue weighted by Crippen LogP contribution is 2.37. The Hall–Kier alpha value is -0.120. The standard InChI is InChI=1S/C15H30N2O/c1-3-18-14-6-9-17(10-7-14)15(12-16)8-4-5-13(2)11-15/h13-14H,3-12,16H2,1-2H3. The smallest absolute Gasteiger partial charge is 0.0599 e. The van der Waals surface area contributed by atoms with Crippen molar-refractivity contribution in [3.05, 3.63) is 0 Å². The molecule has 3 nitrogen and oxygen atoms in total. The minimum Gasteiger partial charge on any atom is -0.378 e. The van der Waals surface area contributed by atoms with Gasteiger partial charge < -0.3 is 10.5 Å². The molecule has 2 unspecified atom stereocenters. The molecule has 0 aromatic heterocycles. The Balaban J connectivity index is 1.93. The summed E-state index contributed by atoms with van der Waals surface area (Å²) in [6, 6.07) is 0. The summed E-state index contributed by atoms with van der Waals surface area (Å²) in [7, 11) is 0. The average molecular weight is 254 g/mol. The third-order valence-corrected chi connectivity index (χ3v) is 4.96. The number of rotatable bonds is 4. The number of hydrogen-bond donors (Lipinski definition) is 1. The molecule has 0 aromatic rings. The van der Waals surface area contributed by atoms with Gasteiger partial charge >= 0.3 is 0 Å². The minimum absolute atomic E-state index is 0.300. The summed E-state index contributed by atoms with van der Waals surface area (Å²) in [4.78, 5) is 2.68. The quantitative estimate of drug-likeness (QED) is 0.837. The Morgan fingerprint density at radius 1 is 1.28 bits per heavy atom. The highest BCUT2D eigenvalue weighted by atomic mass is 16.5. The lowest BCUT2D eigenvalue weighted by Crippen LogP contribution is -2.58. The van der Waals surface area contributed by atoms with Crippen LogP contribution in [0.25, 0.3) is 0 Å². The number of likely N-dealkylation sites (tertiary alicyclic amines) is 1. The summed E-state index contributed by atoms with van der Waals surface area (Å²) in [6.45, 7) is 8.51. The van der Waals surface area contributed by atoms with E-state index in [9.17, 15) is 0 Å². The van der Waals surface area contributed by atoms with E-state index in [0.717, 1.165) is 19.1 Å². The summed E-state index contributed by atoms with van der Waals surface area (Å²) < 4.78 is 5.75. The number of nitrogens with zero attached hydrogens (tertiary/aromatic N) is 1. The van der Waals surface area contributed by atoms with Gasteiger partial charge in [0.2, 0.25) is 0 Å². The maximum Gasteiger partial charge on any atom is 0.0599 e. The van der Waals surface area contributed by atoms with Crippen LogP contribution in [0.1, 0.15) is 52.4 Å². The molecule has 1 saturated heterocycles. The van der Waals surface area contributed by atoms with Crippen LogP contribution in [0.2, 0.25) is 0 Å². The molecule has 1 aliphatic heterocycles. The van der Waals surface area contributed by atoms with E-state index in [-0.39, 0.29) is 0 Å². The number of piperidine rings is 1. The summed E-state index contributed by atoms with van der Waals surface area (Å²) in [6.07, 6.45) is 8.19. The van der Waals surface area contributed by atoms with Gasteiger partial charge in [-0.15, -0.1) is 0 Å². The van der Waals surface area contributed by atoms with Gasteiger partial charge in [0.05, 0.1) is 6.10 Å². The average Bonchev–Trinajstić information content (AvgIpc) is 2.40. The molecule has 1 saturated carbocycles. The van der Waals surface area contributed by atoms with Crippen LogP contribution in [-0.4, -0.2) is 42.8 Å². The maximum absolute atomic E-state index is 6.15. The van der Waals surface area contributed by atoms with E-state index in [1.165, 1.54) is 51.6 Å².